The monoisotopic (exact) mass is 497 g/mol. The highest BCUT2D eigenvalue weighted by Gasteiger charge is 2.34. The first kappa shape index (κ1) is 25.6. The summed E-state index contributed by atoms with van der Waals surface area (Å²) in [5.74, 6) is -2.29. The number of carbonyl (C=O) groups excluding carboxylic acids is 2. The van der Waals surface area contributed by atoms with Crippen molar-refractivity contribution in [1.82, 2.24) is 0 Å². The summed E-state index contributed by atoms with van der Waals surface area (Å²) in [6, 6.07) is 13.1. The summed E-state index contributed by atoms with van der Waals surface area (Å²) >= 11 is 0.952. The van der Waals surface area contributed by atoms with Gasteiger partial charge in [0.1, 0.15) is 16.4 Å². The Balaban J connectivity index is 1.98. The topological polar surface area (TPSA) is 132 Å². The van der Waals surface area contributed by atoms with Crippen LogP contribution in [0.25, 0.3) is 6.08 Å². The summed E-state index contributed by atoms with van der Waals surface area (Å²) in [6.07, 6.45) is 1.58. The van der Waals surface area contributed by atoms with Crippen molar-refractivity contribution in [2.45, 2.75) is 13.8 Å². The largest absolute Gasteiger partial charge is 0.506 e. The first-order valence-corrected chi connectivity index (χ1v) is 11.5. The molecule has 2 aromatic rings. The quantitative estimate of drug-likeness (QED) is 0.488. The third-order valence-electron chi connectivity index (χ3n) is 4.51. The Labute approximate surface area is 205 Å². The van der Waals surface area contributed by atoms with Crippen LogP contribution in [0.1, 0.15) is 29.8 Å². The molecule has 0 radical (unpaired) electrons. The number of hydrogen-bond acceptors (Lipinski definition) is 8. The highest BCUT2D eigenvalue weighted by atomic mass is 32.2. The lowest BCUT2D eigenvalue weighted by Gasteiger charge is -2.11. The number of benzene rings is 2. The van der Waals surface area contributed by atoms with Crippen molar-refractivity contribution in [3.63, 3.8) is 0 Å². The highest BCUT2D eigenvalue weighted by Crippen LogP contribution is 2.40. The number of ether oxygens (including phenoxy) is 3. The molecule has 1 heterocycles. The molecule has 10 heteroatoms. The van der Waals surface area contributed by atoms with E-state index in [-0.39, 0.29) is 33.6 Å². The van der Waals surface area contributed by atoms with Gasteiger partial charge in [0.2, 0.25) is 0 Å². The molecular weight excluding hydrogens is 474 g/mol. The molecule has 0 aromatic heterocycles. The smallest absolute Gasteiger partial charge is 0.344 e. The van der Waals surface area contributed by atoms with E-state index in [1.165, 1.54) is 0 Å². The number of carboxylic acid groups (broad SMARTS) is 1. The van der Waals surface area contributed by atoms with E-state index in [2.05, 4.69) is 4.99 Å². The number of rotatable bonds is 9. The second-order valence-electron chi connectivity index (χ2n) is 6.96. The number of aliphatic hydroxyl groups excluding tert-OH is 1. The minimum Gasteiger partial charge on any atom is -0.506 e. The van der Waals surface area contributed by atoms with Gasteiger partial charge in [-0.2, -0.15) is 0 Å². The van der Waals surface area contributed by atoms with Crippen LogP contribution in [0.4, 0.5) is 0 Å². The summed E-state index contributed by atoms with van der Waals surface area (Å²) in [4.78, 5) is 40.3. The molecule has 0 fully saturated rings. The number of thioether (sulfide) groups is 1. The van der Waals surface area contributed by atoms with E-state index < -0.39 is 24.5 Å². The lowest BCUT2D eigenvalue weighted by molar-refractivity contribution is -0.139. The van der Waals surface area contributed by atoms with Crippen molar-refractivity contribution in [1.29, 1.82) is 0 Å². The molecule has 0 saturated heterocycles. The molecule has 0 unspecified atom stereocenters. The average molecular weight is 498 g/mol. The summed E-state index contributed by atoms with van der Waals surface area (Å²) in [5.41, 5.74) is 0.710. The van der Waals surface area contributed by atoms with Crippen LogP contribution < -0.4 is 9.47 Å². The van der Waals surface area contributed by atoms with Gasteiger partial charge in [0.05, 0.1) is 18.1 Å². The normalized spacial score (nSPS) is 15.4. The SMILES string of the molecule is CCOC(=O)C1=C(O)/C(=C/c2ccc(OCC(=O)O)c(OCC)c2)SC1=NC(=O)c1ccccc1. The molecule has 9 nitrogen and oxygen atoms in total. The third-order valence-corrected chi connectivity index (χ3v) is 5.53. The number of aliphatic imine (C=N–C) groups is 1. The minimum absolute atomic E-state index is 0.0208. The number of nitrogens with zero attached hydrogens (tertiary/aromatic N) is 1. The molecule has 182 valence electrons. The maximum atomic E-state index is 12.6. The highest BCUT2D eigenvalue weighted by molar-refractivity contribution is 8.18. The van der Waals surface area contributed by atoms with Gasteiger partial charge in [-0.05, 0) is 49.8 Å². The van der Waals surface area contributed by atoms with E-state index in [1.807, 2.05) is 0 Å². The number of esters is 1. The van der Waals surface area contributed by atoms with Gasteiger partial charge in [-0.1, -0.05) is 36.0 Å². The van der Waals surface area contributed by atoms with Gasteiger partial charge >= 0.3 is 11.9 Å². The first-order valence-electron chi connectivity index (χ1n) is 10.6. The van der Waals surface area contributed by atoms with Crippen molar-refractivity contribution < 1.29 is 38.8 Å². The van der Waals surface area contributed by atoms with Crippen LogP contribution in [-0.2, 0) is 14.3 Å². The zero-order valence-corrected chi connectivity index (χ0v) is 19.8. The van der Waals surface area contributed by atoms with Gasteiger partial charge in [0.15, 0.2) is 18.1 Å². The molecule has 0 aliphatic carbocycles. The van der Waals surface area contributed by atoms with E-state index in [0.29, 0.717) is 23.5 Å². The Morgan fingerprint density at radius 1 is 1.00 bits per heavy atom. The van der Waals surface area contributed by atoms with Crippen molar-refractivity contribution >= 4 is 40.7 Å². The van der Waals surface area contributed by atoms with Gasteiger partial charge < -0.3 is 24.4 Å². The molecule has 0 bridgehead atoms. The van der Waals surface area contributed by atoms with Crippen LogP contribution in [0.5, 0.6) is 11.5 Å². The third kappa shape index (κ3) is 6.51. The van der Waals surface area contributed by atoms with E-state index in [9.17, 15) is 19.5 Å². The van der Waals surface area contributed by atoms with Crippen molar-refractivity contribution in [3.05, 3.63) is 75.9 Å². The van der Waals surface area contributed by atoms with Crippen molar-refractivity contribution in [2.75, 3.05) is 19.8 Å². The lowest BCUT2D eigenvalue weighted by atomic mass is 10.1. The van der Waals surface area contributed by atoms with E-state index >= 15 is 0 Å². The molecule has 2 aromatic carbocycles. The lowest BCUT2D eigenvalue weighted by Crippen LogP contribution is -2.14. The standard InChI is InChI=1S/C25H23NO8S/c1-3-32-18-12-15(10-11-17(18)34-14-20(27)28)13-19-22(29)21(25(31)33-4-2)24(35-19)26-23(30)16-8-6-5-7-9-16/h5-13,29H,3-4,14H2,1-2H3,(H,27,28)/b19-13-,26-24?. The van der Waals surface area contributed by atoms with Gasteiger partial charge in [0, 0.05) is 5.56 Å². The molecule has 0 saturated carbocycles. The number of aliphatic hydroxyl groups is 1. The first-order chi connectivity index (χ1) is 16.8. The molecular formula is C25H23NO8S. The van der Waals surface area contributed by atoms with Crippen LogP contribution in [-0.4, -0.2) is 52.9 Å². The van der Waals surface area contributed by atoms with Crippen LogP contribution in [0, 0.1) is 0 Å². The summed E-state index contributed by atoms with van der Waals surface area (Å²) in [6.45, 7) is 3.26. The summed E-state index contributed by atoms with van der Waals surface area (Å²) in [5, 5.41) is 19.7. The van der Waals surface area contributed by atoms with E-state index in [0.717, 1.165) is 11.8 Å². The fourth-order valence-electron chi connectivity index (χ4n) is 3.02. The van der Waals surface area contributed by atoms with Gasteiger partial charge in [-0.25, -0.2) is 14.6 Å². The Morgan fingerprint density at radius 2 is 1.74 bits per heavy atom. The zero-order chi connectivity index (χ0) is 25.4. The molecule has 3 rings (SSSR count). The van der Waals surface area contributed by atoms with E-state index in [4.69, 9.17) is 19.3 Å². The maximum Gasteiger partial charge on any atom is 0.344 e. The van der Waals surface area contributed by atoms with E-state index in [1.54, 1.807) is 68.5 Å². The van der Waals surface area contributed by atoms with Crippen LogP contribution in [0.3, 0.4) is 0 Å². The number of aliphatic carboxylic acids is 1. The van der Waals surface area contributed by atoms with Gasteiger partial charge in [-0.3, -0.25) is 4.79 Å². The molecule has 2 N–H and O–H groups in total. The minimum atomic E-state index is -1.13. The molecule has 0 atom stereocenters. The molecule has 35 heavy (non-hydrogen) atoms. The Hall–Kier alpha value is -4.05. The Bertz CT molecular complexity index is 1220. The Kier molecular flexibility index (Phi) is 8.69. The maximum absolute atomic E-state index is 12.6. The predicted molar refractivity (Wildman–Crippen MR) is 131 cm³/mol. The number of amides is 1. The second kappa shape index (κ2) is 11.9. The van der Waals surface area contributed by atoms with Crippen LogP contribution >= 0.6 is 11.8 Å². The van der Waals surface area contributed by atoms with Crippen molar-refractivity contribution in [3.8, 4) is 11.5 Å². The average Bonchev–Trinajstić information content (AvgIpc) is 3.13. The molecule has 1 amide bonds. The number of carbonyl (C=O) groups is 3. The van der Waals surface area contributed by atoms with Gasteiger partial charge in [0.25, 0.3) is 5.91 Å². The number of carboxylic acids is 1. The predicted octanol–water partition coefficient (Wildman–Crippen LogP) is 4.25. The molecule has 1 aliphatic rings. The molecule has 0 spiro atoms. The van der Waals surface area contributed by atoms with Gasteiger partial charge in [-0.15, -0.1) is 0 Å². The van der Waals surface area contributed by atoms with Crippen LogP contribution in [0.15, 0.2) is 69.8 Å². The second-order valence-corrected chi connectivity index (χ2v) is 8.00. The Morgan fingerprint density at radius 3 is 2.40 bits per heavy atom. The fourth-order valence-corrected chi connectivity index (χ4v) is 4.03. The summed E-state index contributed by atoms with van der Waals surface area (Å²) in [7, 11) is 0. The van der Waals surface area contributed by atoms with Crippen LogP contribution in [0.2, 0.25) is 0 Å². The molecule has 1 aliphatic heterocycles. The number of hydrogen-bond donors (Lipinski definition) is 2. The van der Waals surface area contributed by atoms with Crippen molar-refractivity contribution in [2.24, 2.45) is 4.99 Å². The summed E-state index contributed by atoms with van der Waals surface area (Å²) < 4.78 is 15.8. The zero-order valence-electron chi connectivity index (χ0n) is 19.0. The fraction of sp³-hybridized carbons (Fsp3) is 0.200.